The number of methoxy groups -OCH3 is 1. The van der Waals surface area contributed by atoms with Crippen LogP contribution in [0, 0.1) is 5.92 Å². The summed E-state index contributed by atoms with van der Waals surface area (Å²) < 4.78 is 24.0. The quantitative estimate of drug-likeness (QED) is 0.380. The number of carbonyl (C=O) groups is 2. The number of ether oxygens (including phenoxy) is 4. The van der Waals surface area contributed by atoms with Crippen LogP contribution in [0.2, 0.25) is 0 Å². The minimum absolute atomic E-state index is 0.141. The molecule has 1 N–H and O–H groups in total. The lowest BCUT2D eigenvalue weighted by Gasteiger charge is -2.28. The summed E-state index contributed by atoms with van der Waals surface area (Å²) in [5, 5.41) is 10.9. The fourth-order valence-electron chi connectivity index (χ4n) is 5.52. The van der Waals surface area contributed by atoms with Crippen LogP contribution in [-0.2, 0) is 48.4 Å². The molecule has 39 heavy (non-hydrogen) atoms. The predicted octanol–water partition coefficient (Wildman–Crippen LogP) is 3.12. The van der Waals surface area contributed by atoms with E-state index in [9.17, 15) is 14.7 Å². The molecule has 1 amide bonds. The fraction of sp³-hybridized carbons (Fsp3) is 0.355. The second-order valence-electron chi connectivity index (χ2n) is 9.82. The highest BCUT2D eigenvalue weighted by molar-refractivity contribution is 5.92. The Balaban J connectivity index is 1.45. The molecule has 0 aromatic heterocycles. The highest BCUT2D eigenvalue weighted by Gasteiger charge is 2.64. The first-order valence-electron chi connectivity index (χ1n) is 13.1. The lowest BCUT2D eigenvalue weighted by molar-refractivity contribution is -0.154. The van der Waals surface area contributed by atoms with Gasteiger partial charge in [-0.2, -0.15) is 0 Å². The number of nitrogens with zero attached hydrogens (tertiary/aromatic N) is 1. The highest BCUT2D eigenvalue weighted by Crippen LogP contribution is 2.42. The van der Waals surface area contributed by atoms with Crippen molar-refractivity contribution in [3.63, 3.8) is 0 Å². The molecule has 8 nitrogen and oxygen atoms in total. The number of carbonyl (C=O) groups excluding carboxylic acids is 2. The maximum atomic E-state index is 13.4. The maximum absolute atomic E-state index is 13.4. The third-order valence-corrected chi connectivity index (χ3v) is 7.38. The van der Waals surface area contributed by atoms with Crippen LogP contribution in [0.3, 0.4) is 0 Å². The summed E-state index contributed by atoms with van der Waals surface area (Å²) in [6.07, 6.45) is -2.85. The predicted molar refractivity (Wildman–Crippen MR) is 142 cm³/mol. The molecular formula is C31H33NO7. The summed E-state index contributed by atoms with van der Waals surface area (Å²) in [6.45, 7) is 1.01. The minimum Gasteiger partial charge on any atom is -0.469 e. The van der Waals surface area contributed by atoms with Crippen molar-refractivity contribution >= 4 is 11.9 Å². The van der Waals surface area contributed by atoms with Crippen LogP contribution < -0.4 is 0 Å². The van der Waals surface area contributed by atoms with Crippen molar-refractivity contribution in [2.75, 3.05) is 13.7 Å². The molecule has 2 saturated heterocycles. The van der Waals surface area contributed by atoms with Crippen molar-refractivity contribution < 1.29 is 33.6 Å². The molecule has 204 valence electrons. The van der Waals surface area contributed by atoms with Gasteiger partial charge in [-0.3, -0.25) is 9.59 Å². The number of benzene rings is 3. The minimum atomic E-state index is -1.53. The van der Waals surface area contributed by atoms with Gasteiger partial charge in [0, 0.05) is 0 Å². The number of aliphatic hydroxyl groups excluding tert-OH is 1. The number of hydrogen-bond donors (Lipinski definition) is 1. The van der Waals surface area contributed by atoms with Gasteiger partial charge in [-0.1, -0.05) is 91.0 Å². The van der Waals surface area contributed by atoms with Crippen molar-refractivity contribution in [3.8, 4) is 0 Å². The van der Waals surface area contributed by atoms with Crippen LogP contribution >= 0.6 is 0 Å². The molecule has 8 heteroatoms. The van der Waals surface area contributed by atoms with Gasteiger partial charge in [0.15, 0.2) is 0 Å². The van der Waals surface area contributed by atoms with E-state index >= 15 is 0 Å². The lowest BCUT2D eigenvalue weighted by atomic mass is 9.92. The summed E-state index contributed by atoms with van der Waals surface area (Å²) in [5.74, 6) is -2.32. The Kier molecular flexibility index (Phi) is 8.68. The molecule has 2 aliphatic rings. The summed E-state index contributed by atoms with van der Waals surface area (Å²) in [6, 6.07) is 27.8. The number of fused-ring (bicyclic) bond motifs is 1. The summed E-state index contributed by atoms with van der Waals surface area (Å²) in [5.41, 5.74) is 2.89. The van der Waals surface area contributed by atoms with E-state index in [1.807, 2.05) is 91.0 Å². The van der Waals surface area contributed by atoms with Crippen molar-refractivity contribution in [2.45, 2.75) is 50.2 Å². The molecule has 3 aromatic carbocycles. The molecule has 0 radical (unpaired) electrons. The Hall–Kier alpha value is -3.56. The number of hydrogen-bond acceptors (Lipinski definition) is 7. The number of amides is 1. The first kappa shape index (κ1) is 27.0. The van der Waals surface area contributed by atoms with E-state index in [0.29, 0.717) is 6.61 Å². The van der Waals surface area contributed by atoms with Crippen LogP contribution in [0.4, 0.5) is 0 Å². The molecule has 0 bridgehead atoms. The van der Waals surface area contributed by atoms with E-state index in [4.69, 9.17) is 18.9 Å². The van der Waals surface area contributed by atoms with Crippen molar-refractivity contribution in [3.05, 3.63) is 108 Å². The van der Waals surface area contributed by atoms with E-state index in [2.05, 4.69) is 0 Å². The zero-order valence-corrected chi connectivity index (χ0v) is 21.8. The van der Waals surface area contributed by atoms with Crippen LogP contribution in [0.5, 0.6) is 0 Å². The van der Waals surface area contributed by atoms with Crippen LogP contribution in [0.25, 0.3) is 0 Å². The van der Waals surface area contributed by atoms with Gasteiger partial charge in [0.1, 0.15) is 24.2 Å². The molecule has 6 atom stereocenters. The smallest absolute Gasteiger partial charge is 0.314 e. The first-order chi connectivity index (χ1) is 19.1. The van der Waals surface area contributed by atoms with E-state index in [1.165, 1.54) is 12.0 Å². The van der Waals surface area contributed by atoms with Gasteiger partial charge in [-0.15, -0.1) is 0 Å². The Bertz CT molecular complexity index is 1220. The summed E-state index contributed by atoms with van der Waals surface area (Å²) in [7, 11) is 1.25. The largest absolute Gasteiger partial charge is 0.469 e. The molecule has 0 unspecified atom stereocenters. The normalized spacial score (nSPS) is 26.0. The second kappa shape index (κ2) is 12.5. The van der Waals surface area contributed by atoms with E-state index in [0.717, 1.165) is 16.7 Å². The Morgan fingerprint density at radius 1 is 0.769 bits per heavy atom. The van der Waals surface area contributed by atoms with Gasteiger partial charge < -0.3 is 29.0 Å². The molecule has 2 fully saturated rings. The molecule has 2 aliphatic heterocycles. The third kappa shape index (κ3) is 5.89. The number of esters is 1. The SMILES string of the molecule is COC(=O)[C@H]1[C@@H]2[C@@H](OCc3ccccc3)[C@H](OCc3ccccc3)[C@@H](COCc3ccccc3)N2C(=O)[C@@H]1O. The molecule has 3 aromatic rings. The van der Waals surface area contributed by atoms with E-state index in [-0.39, 0.29) is 19.8 Å². The van der Waals surface area contributed by atoms with Gasteiger partial charge >= 0.3 is 5.97 Å². The maximum Gasteiger partial charge on any atom is 0.314 e. The summed E-state index contributed by atoms with van der Waals surface area (Å²) in [4.78, 5) is 27.8. The third-order valence-electron chi connectivity index (χ3n) is 7.38. The number of aliphatic hydroxyl groups is 1. The topological polar surface area (TPSA) is 94.5 Å². The van der Waals surface area contributed by atoms with E-state index < -0.39 is 48.2 Å². The second-order valence-corrected chi connectivity index (χ2v) is 9.82. The molecule has 2 heterocycles. The molecule has 0 saturated carbocycles. The van der Waals surface area contributed by atoms with Gasteiger partial charge in [0.25, 0.3) is 5.91 Å². The van der Waals surface area contributed by atoms with Gasteiger partial charge in [-0.25, -0.2) is 0 Å². The van der Waals surface area contributed by atoms with Crippen LogP contribution in [0.15, 0.2) is 91.0 Å². The zero-order chi connectivity index (χ0) is 27.2. The average Bonchev–Trinajstić information content (AvgIpc) is 3.42. The average molecular weight is 532 g/mol. The van der Waals surface area contributed by atoms with Crippen LogP contribution in [0.1, 0.15) is 16.7 Å². The molecule has 0 aliphatic carbocycles. The Morgan fingerprint density at radius 2 is 1.26 bits per heavy atom. The Labute approximate surface area is 228 Å². The molecular weight excluding hydrogens is 498 g/mol. The zero-order valence-electron chi connectivity index (χ0n) is 21.8. The van der Waals surface area contributed by atoms with Crippen molar-refractivity contribution in [1.29, 1.82) is 0 Å². The Morgan fingerprint density at radius 3 is 1.77 bits per heavy atom. The van der Waals surface area contributed by atoms with Gasteiger partial charge in [0.2, 0.25) is 0 Å². The van der Waals surface area contributed by atoms with Gasteiger partial charge in [-0.05, 0) is 16.7 Å². The molecule has 0 spiro atoms. The highest BCUT2D eigenvalue weighted by atomic mass is 16.6. The molecule has 5 rings (SSSR count). The first-order valence-corrected chi connectivity index (χ1v) is 13.1. The van der Waals surface area contributed by atoms with Crippen LogP contribution in [-0.4, -0.2) is 66.0 Å². The fourth-order valence-corrected chi connectivity index (χ4v) is 5.52. The standard InChI is InChI=1S/C31H33NO7/c1-36-31(35)25-26-29(39-19-23-15-9-4-10-16-23)28(38-18-22-13-7-3-8-14-22)24(32(26)30(34)27(25)33)20-37-17-21-11-5-2-6-12-21/h2-16,24-29,33H,17-20H2,1H3/t24-,25+,26-,27-,28-,29-/m1/s1. The summed E-state index contributed by atoms with van der Waals surface area (Å²) >= 11 is 0. The van der Waals surface area contributed by atoms with Gasteiger partial charge in [0.05, 0.1) is 45.6 Å². The van der Waals surface area contributed by atoms with Crippen molar-refractivity contribution in [2.24, 2.45) is 5.92 Å². The monoisotopic (exact) mass is 531 g/mol. The van der Waals surface area contributed by atoms with Crippen molar-refractivity contribution in [1.82, 2.24) is 4.90 Å². The van der Waals surface area contributed by atoms with E-state index in [1.54, 1.807) is 0 Å². The number of rotatable bonds is 11. The lowest BCUT2D eigenvalue weighted by Crippen LogP contribution is -2.46.